The zero-order valence-electron chi connectivity index (χ0n) is 11.1. The van der Waals surface area contributed by atoms with Gasteiger partial charge in [0.05, 0.1) is 5.56 Å². The van der Waals surface area contributed by atoms with E-state index in [4.69, 9.17) is 0 Å². The number of aryl methyl sites for hydroxylation is 1. The fourth-order valence-corrected chi connectivity index (χ4v) is 2.28. The van der Waals surface area contributed by atoms with Gasteiger partial charge in [0.15, 0.2) is 0 Å². The molecule has 1 aliphatic rings. The zero-order chi connectivity index (χ0) is 14.8. The summed E-state index contributed by atoms with van der Waals surface area (Å²) in [5.41, 5.74) is -0.364. The lowest BCUT2D eigenvalue weighted by Gasteiger charge is -2.18. The predicted molar refractivity (Wildman–Crippen MR) is 71.3 cm³/mol. The van der Waals surface area contributed by atoms with Crippen LogP contribution in [0.5, 0.6) is 0 Å². The third-order valence-corrected chi connectivity index (χ3v) is 3.45. The fourth-order valence-electron chi connectivity index (χ4n) is 2.28. The molecule has 0 spiro atoms. The Morgan fingerprint density at radius 1 is 1.30 bits per heavy atom. The molecular weight excluding hydrogens is 267 g/mol. The number of halogens is 3. The molecule has 108 valence electrons. The van der Waals surface area contributed by atoms with Crippen LogP contribution < -0.4 is 5.32 Å². The number of hydrogen-bond donors (Lipinski definition) is 1. The first-order valence-electron chi connectivity index (χ1n) is 6.51. The number of carbonyl (C=O) groups is 1. The second-order valence-corrected chi connectivity index (χ2v) is 5.00. The molecule has 20 heavy (non-hydrogen) atoms. The lowest BCUT2D eigenvalue weighted by atomic mass is 9.93. The van der Waals surface area contributed by atoms with Crippen molar-refractivity contribution in [3.05, 3.63) is 41.5 Å². The molecule has 2 rings (SSSR count). The second kappa shape index (κ2) is 5.69. The number of allylic oxidation sites excluding steroid dienone is 2. The van der Waals surface area contributed by atoms with Gasteiger partial charge in [-0.05, 0) is 43.9 Å². The van der Waals surface area contributed by atoms with E-state index in [1.165, 1.54) is 19.1 Å². The summed E-state index contributed by atoms with van der Waals surface area (Å²) in [5, 5.41) is 2.58. The topological polar surface area (TPSA) is 29.1 Å². The highest BCUT2D eigenvalue weighted by molar-refractivity contribution is 5.92. The molecule has 0 radical (unpaired) electrons. The molecule has 0 saturated heterocycles. The first kappa shape index (κ1) is 14.6. The van der Waals surface area contributed by atoms with Crippen molar-refractivity contribution in [2.75, 3.05) is 5.32 Å². The number of anilines is 1. The summed E-state index contributed by atoms with van der Waals surface area (Å²) in [6.45, 7) is 1.40. The summed E-state index contributed by atoms with van der Waals surface area (Å²) in [5.74, 6) is -0.373. The predicted octanol–water partition coefficient (Wildman–Crippen LogP) is 4.31. The lowest BCUT2D eigenvalue weighted by molar-refractivity contribution is -0.138. The molecule has 1 aromatic rings. The third-order valence-electron chi connectivity index (χ3n) is 3.45. The van der Waals surface area contributed by atoms with Crippen LogP contribution in [0.25, 0.3) is 0 Å². The van der Waals surface area contributed by atoms with E-state index in [2.05, 4.69) is 5.32 Å². The Bertz CT molecular complexity index is 534. The maximum absolute atomic E-state index is 12.8. The average Bonchev–Trinajstić information content (AvgIpc) is 2.40. The summed E-state index contributed by atoms with van der Waals surface area (Å²) in [6.07, 6.45) is 1.75. The number of alkyl halides is 3. The van der Waals surface area contributed by atoms with Crippen LogP contribution in [0.3, 0.4) is 0 Å². The molecule has 0 aromatic heterocycles. The standard InChI is InChI=1S/C15H16F3NO/c1-10-7-8-12(9-13(10)15(16,17)18)19-14(20)11-5-3-2-4-6-11/h2-3,7-9,11H,4-6H2,1H3,(H,19,20). The molecular formula is C15H16F3NO. The van der Waals surface area contributed by atoms with Crippen molar-refractivity contribution in [3.8, 4) is 0 Å². The monoisotopic (exact) mass is 283 g/mol. The Morgan fingerprint density at radius 2 is 2.05 bits per heavy atom. The lowest BCUT2D eigenvalue weighted by Crippen LogP contribution is -2.23. The Labute approximate surface area is 115 Å². The Balaban J connectivity index is 2.13. The van der Waals surface area contributed by atoms with Crippen molar-refractivity contribution in [1.82, 2.24) is 0 Å². The highest BCUT2D eigenvalue weighted by atomic mass is 19.4. The Kier molecular flexibility index (Phi) is 4.16. The minimum absolute atomic E-state index is 0.149. The summed E-state index contributed by atoms with van der Waals surface area (Å²) < 4.78 is 38.4. The van der Waals surface area contributed by atoms with Crippen molar-refractivity contribution in [1.29, 1.82) is 0 Å². The van der Waals surface area contributed by atoms with Gasteiger partial charge in [-0.15, -0.1) is 0 Å². The van der Waals surface area contributed by atoms with E-state index in [0.717, 1.165) is 18.9 Å². The van der Waals surface area contributed by atoms with Crippen LogP contribution >= 0.6 is 0 Å². The minimum atomic E-state index is -4.40. The van der Waals surface area contributed by atoms with E-state index in [1.807, 2.05) is 12.2 Å². The van der Waals surface area contributed by atoms with E-state index >= 15 is 0 Å². The molecule has 5 heteroatoms. The van der Waals surface area contributed by atoms with E-state index in [0.29, 0.717) is 6.42 Å². The van der Waals surface area contributed by atoms with Crippen molar-refractivity contribution in [2.24, 2.45) is 5.92 Å². The Hall–Kier alpha value is -1.78. The smallest absolute Gasteiger partial charge is 0.326 e. The molecule has 1 atom stereocenters. The summed E-state index contributed by atoms with van der Waals surface area (Å²) >= 11 is 0. The van der Waals surface area contributed by atoms with Crippen LogP contribution in [0.1, 0.15) is 30.4 Å². The van der Waals surface area contributed by atoms with Crippen LogP contribution in [0.15, 0.2) is 30.4 Å². The molecule has 0 heterocycles. The zero-order valence-corrected chi connectivity index (χ0v) is 11.1. The van der Waals surface area contributed by atoms with Crippen molar-refractivity contribution in [3.63, 3.8) is 0 Å². The quantitative estimate of drug-likeness (QED) is 0.805. The van der Waals surface area contributed by atoms with Crippen molar-refractivity contribution < 1.29 is 18.0 Å². The van der Waals surface area contributed by atoms with Crippen LogP contribution in [0, 0.1) is 12.8 Å². The van der Waals surface area contributed by atoms with Gasteiger partial charge in [0, 0.05) is 11.6 Å². The van der Waals surface area contributed by atoms with Gasteiger partial charge in [0.25, 0.3) is 0 Å². The van der Waals surface area contributed by atoms with E-state index in [-0.39, 0.29) is 23.1 Å². The second-order valence-electron chi connectivity index (χ2n) is 5.00. The number of nitrogens with one attached hydrogen (secondary N) is 1. The third kappa shape index (κ3) is 3.40. The van der Waals surface area contributed by atoms with E-state index in [9.17, 15) is 18.0 Å². The Morgan fingerprint density at radius 3 is 2.65 bits per heavy atom. The molecule has 1 aromatic carbocycles. The van der Waals surface area contributed by atoms with Gasteiger partial charge >= 0.3 is 6.18 Å². The maximum Gasteiger partial charge on any atom is 0.416 e. The molecule has 0 saturated carbocycles. The van der Waals surface area contributed by atoms with Crippen molar-refractivity contribution in [2.45, 2.75) is 32.4 Å². The average molecular weight is 283 g/mol. The normalized spacial score (nSPS) is 18.9. The number of carbonyl (C=O) groups excluding carboxylic acids is 1. The number of amides is 1. The first-order chi connectivity index (χ1) is 9.38. The molecule has 1 unspecified atom stereocenters. The SMILES string of the molecule is Cc1ccc(NC(=O)C2CC=CCC2)cc1C(F)(F)F. The maximum atomic E-state index is 12.8. The van der Waals surface area contributed by atoms with Gasteiger partial charge in [-0.2, -0.15) is 13.2 Å². The first-order valence-corrected chi connectivity index (χ1v) is 6.51. The molecule has 1 N–H and O–H groups in total. The molecule has 0 aliphatic heterocycles. The number of hydrogen-bond acceptors (Lipinski definition) is 1. The largest absolute Gasteiger partial charge is 0.416 e. The number of rotatable bonds is 2. The van der Waals surface area contributed by atoms with Crippen molar-refractivity contribution >= 4 is 11.6 Å². The fraction of sp³-hybridized carbons (Fsp3) is 0.400. The molecule has 0 fully saturated rings. The summed E-state index contributed by atoms with van der Waals surface area (Å²) in [6, 6.07) is 3.87. The van der Waals surface area contributed by atoms with Gasteiger partial charge < -0.3 is 5.32 Å². The summed E-state index contributed by atoms with van der Waals surface area (Å²) in [7, 11) is 0. The van der Waals surface area contributed by atoms with E-state index < -0.39 is 11.7 Å². The molecule has 0 bridgehead atoms. The van der Waals surface area contributed by atoms with E-state index in [1.54, 1.807) is 0 Å². The van der Waals surface area contributed by atoms with Gasteiger partial charge in [-0.25, -0.2) is 0 Å². The van der Waals surface area contributed by atoms with Crippen LogP contribution in [-0.4, -0.2) is 5.91 Å². The van der Waals surface area contributed by atoms with Crippen LogP contribution in [-0.2, 0) is 11.0 Å². The molecule has 1 aliphatic carbocycles. The van der Waals surface area contributed by atoms with Crippen LogP contribution in [0.2, 0.25) is 0 Å². The van der Waals surface area contributed by atoms with Crippen LogP contribution in [0.4, 0.5) is 18.9 Å². The van der Waals surface area contributed by atoms with Gasteiger partial charge in [-0.3, -0.25) is 4.79 Å². The summed E-state index contributed by atoms with van der Waals surface area (Å²) in [4.78, 5) is 12.0. The van der Waals surface area contributed by atoms with Gasteiger partial charge in [0.1, 0.15) is 0 Å². The van der Waals surface area contributed by atoms with Gasteiger partial charge in [-0.1, -0.05) is 18.2 Å². The van der Waals surface area contributed by atoms with Gasteiger partial charge in [0.2, 0.25) is 5.91 Å². The highest BCUT2D eigenvalue weighted by Gasteiger charge is 2.32. The number of benzene rings is 1. The molecule has 2 nitrogen and oxygen atoms in total. The minimum Gasteiger partial charge on any atom is -0.326 e. The molecule has 1 amide bonds. The highest BCUT2D eigenvalue weighted by Crippen LogP contribution is 2.33.